The predicted octanol–water partition coefficient (Wildman–Crippen LogP) is 4.09. The lowest BCUT2D eigenvalue weighted by molar-refractivity contribution is -0.0135. The largest absolute Gasteiger partial charge is 0.390 e. The van der Waals surface area contributed by atoms with Gasteiger partial charge < -0.3 is 10.0 Å². The summed E-state index contributed by atoms with van der Waals surface area (Å²) in [5, 5.41) is 10.2. The monoisotopic (exact) mass is 285 g/mol. The summed E-state index contributed by atoms with van der Waals surface area (Å²) < 4.78 is 0. The van der Waals surface area contributed by atoms with Gasteiger partial charge in [0.25, 0.3) is 0 Å². The molecule has 1 saturated heterocycles. The van der Waals surface area contributed by atoms with E-state index < -0.39 is 5.60 Å². The Balaban J connectivity index is 1.43. The van der Waals surface area contributed by atoms with Crippen LogP contribution in [0.2, 0.25) is 0 Å². The molecule has 1 spiro atoms. The zero-order chi connectivity index (χ0) is 14.5. The molecule has 21 heavy (non-hydrogen) atoms. The molecule has 1 aromatic carbocycles. The molecule has 4 rings (SSSR count). The third-order valence-electron chi connectivity index (χ3n) is 6.13. The van der Waals surface area contributed by atoms with Crippen molar-refractivity contribution in [1.82, 2.24) is 0 Å². The Bertz CT molecular complexity index is 505. The maximum absolute atomic E-state index is 10.2. The van der Waals surface area contributed by atoms with Gasteiger partial charge in [-0.2, -0.15) is 0 Å². The van der Waals surface area contributed by atoms with Gasteiger partial charge in [-0.15, -0.1) is 0 Å². The molecule has 0 aromatic heterocycles. The molecule has 1 aromatic rings. The second kappa shape index (κ2) is 4.74. The van der Waals surface area contributed by atoms with Crippen LogP contribution in [0.4, 0.5) is 5.69 Å². The Morgan fingerprint density at radius 3 is 2.29 bits per heavy atom. The van der Waals surface area contributed by atoms with E-state index in [2.05, 4.69) is 29.2 Å². The zero-order valence-electron chi connectivity index (χ0n) is 13.1. The van der Waals surface area contributed by atoms with Gasteiger partial charge in [-0.05, 0) is 80.9 Å². The minimum atomic E-state index is -0.412. The van der Waals surface area contributed by atoms with Crippen molar-refractivity contribution in [2.75, 3.05) is 18.0 Å². The molecule has 0 bridgehead atoms. The molecule has 3 aliphatic rings. The lowest BCUT2D eigenvalue weighted by atomic mass is 9.69. The van der Waals surface area contributed by atoms with Crippen LogP contribution in [0.3, 0.4) is 0 Å². The third kappa shape index (κ3) is 2.70. The van der Waals surface area contributed by atoms with E-state index in [0.717, 1.165) is 18.8 Å². The Kier molecular flexibility index (Phi) is 3.08. The standard InChI is InChI=1S/C19H27NO/c1-18(21)8-10-19(11-9-18)12-13-20(14-19)17-6-4-16(5-7-17)15-2-3-15/h4-7,15,21H,2-3,8-14H2,1H3/t18-,19+. The highest BCUT2D eigenvalue weighted by Gasteiger charge is 2.43. The van der Waals surface area contributed by atoms with Crippen molar-refractivity contribution in [3.05, 3.63) is 29.8 Å². The lowest BCUT2D eigenvalue weighted by Gasteiger charge is -2.40. The molecular formula is C19H27NO. The molecule has 114 valence electrons. The topological polar surface area (TPSA) is 23.5 Å². The second-order valence-electron chi connectivity index (χ2n) is 8.03. The highest BCUT2D eigenvalue weighted by atomic mass is 16.3. The molecule has 1 heterocycles. The Morgan fingerprint density at radius 2 is 1.67 bits per heavy atom. The van der Waals surface area contributed by atoms with Crippen LogP contribution in [0.1, 0.15) is 63.4 Å². The van der Waals surface area contributed by atoms with Crippen molar-refractivity contribution in [2.45, 2.75) is 63.4 Å². The van der Waals surface area contributed by atoms with Crippen LogP contribution in [-0.4, -0.2) is 23.8 Å². The van der Waals surface area contributed by atoms with E-state index in [9.17, 15) is 5.11 Å². The molecule has 2 nitrogen and oxygen atoms in total. The van der Waals surface area contributed by atoms with Crippen molar-refractivity contribution in [3.63, 3.8) is 0 Å². The van der Waals surface area contributed by atoms with Gasteiger partial charge in [0.2, 0.25) is 0 Å². The number of rotatable bonds is 2. The first-order valence-corrected chi connectivity index (χ1v) is 8.63. The van der Waals surface area contributed by atoms with E-state index in [4.69, 9.17) is 0 Å². The number of nitrogens with zero attached hydrogens (tertiary/aromatic N) is 1. The van der Waals surface area contributed by atoms with Crippen LogP contribution in [0.25, 0.3) is 0 Å². The summed E-state index contributed by atoms with van der Waals surface area (Å²) in [7, 11) is 0. The molecule has 0 atom stereocenters. The van der Waals surface area contributed by atoms with Gasteiger partial charge in [-0.25, -0.2) is 0 Å². The summed E-state index contributed by atoms with van der Waals surface area (Å²) in [6.45, 7) is 4.37. The van der Waals surface area contributed by atoms with E-state index in [1.165, 1.54) is 56.4 Å². The van der Waals surface area contributed by atoms with Crippen molar-refractivity contribution in [1.29, 1.82) is 0 Å². The summed E-state index contributed by atoms with van der Waals surface area (Å²) in [5.41, 5.74) is 2.98. The average Bonchev–Trinajstić information content (AvgIpc) is 3.25. The zero-order valence-corrected chi connectivity index (χ0v) is 13.1. The Hall–Kier alpha value is -1.02. The number of hydrogen-bond donors (Lipinski definition) is 1. The fourth-order valence-electron chi connectivity index (χ4n) is 4.26. The summed E-state index contributed by atoms with van der Waals surface area (Å²) >= 11 is 0. The van der Waals surface area contributed by atoms with Crippen LogP contribution in [-0.2, 0) is 0 Å². The SMILES string of the molecule is C[C@]1(O)CC[C@]2(CCN(c3ccc(C4CC4)cc3)C2)CC1. The fraction of sp³-hybridized carbons (Fsp3) is 0.684. The van der Waals surface area contributed by atoms with Gasteiger partial charge in [-0.3, -0.25) is 0 Å². The quantitative estimate of drug-likeness (QED) is 0.885. The lowest BCUT2D eigenvalue weighted by Crippen LogP contribution is -2.38. The number of hydrogen-bond acceptors (Lipinski definition) is 2. The van der Waals surface area contributed by atoms with Crippen LogP contribution in [0.5, 0.6) is 0 Å². The van der Waals surface area contributed by atoms with E-state index in [1.807, 2.05) is 6.92 Å². The molecule has 1 N–H and O–H groups in total. The van der Waals surface area contributed by atoms with Gasteiger partial charge >= 0.3 is 0 Å². The third-order valence-corrected chi connectivity index (χ3v) is 6.13. The Labute approximate surface area is 128 Å². The molecule has 0 unspecified atom stereocenters. The highest BCUT2D eigenvalue weighted by Crippen LogP contribution is 2.47. The van der Waals surface area contributed by atoms with E-state index >= 15 is 0 Å². The molecule has 1 aliphatic heterocycles. The second-order valence-corrected chi connectivity index (χ2v) is 8.03. The molecule has 0 radical (unpaired) electrons. The number of aliphatic hydroxyl groups is 1. The number of benzene rings is 1. The fourth-order valence-corrected chi connectivity index (χ4v) is 4.26. The molecule has 0 amide bonds. The van der Waals surface area contributed by atoms with Gasteiger partial charge in [-0.1, -0.05) is 12.1 Å². The van der Waals surface area contributed by atoms with Gasteiger partial charge in [0, 0.05) is 18.8 Å². The average molecular weight is 285 g/mol. The normalized spacial score (nSPS) is 36.4. The van der Waals surface area contributed by atoms with Gasteiger partial charge in [0.1, 0.15) is 0 Å². The maximum Gasteiger partial charge on any atom is 0.0620 e. The van der Waals surface area contributed by atoms with Crippen molar-refractivity contribution in [2.24, 2.45) is 5.41 Å². The summed E-state index contributed by atoms with van der Waals surface area (Å²) in [5.74, 6) is 0.851. The predicted molar refractivity (Wildman–Crippen MR) is 86.8 cm³/mol. The van der Waals surface area contributed by atoms with E-state index in [-0.39, 0.29) is 0 Å². The van der Waals surface area contributed by atoms with Crippen molar-refractivity contribution in [3.8, 4) is 0 Å². The minimum Gasteiger partial charge on any atom is -0.390 e. The van der Waals surface area contributed by atoms with E-state index in [1.54, 1.807) is 0 Å². The Morgan fingerprint density at radius 1 is 1.00 bits per heavy atom. The van der Waals surface area contributed by atoms with E-state index in [0.29, 0.717) is 5.41 Å². The molecular weight excluding hydrogens is 258 g/mol. The maximum atomic E-state index is 10.2. The van der Waals surface area contributed by atoms with Crippen LogP contribution in [0, 0.1) is 5.41 Å². The molecule has 2 heteroatoms. The molecule has 2 saturated carbocycles. The first kappa shape index (κ1) is 13.6. The summed E-state index contributed by atoms with van der Waals surface area (Å²) in [6.07, 6.45) is 8.39. The smallest absolute Gasteiger partial charge is 0.0620 e. The van der Waals surface area contributed by atoms with Gasteiger partial charge in [0.05, 0.1) is 5.60 Å². The van der Waals surface area contributed by atoms with Gasteiger partial charge in [0.15, 0.2) is 0 Å². The first-order valence-electron chi connectivity index (χ1n) is 8.63. The summed E-state index contributed by atoms with van der Waals surface area (Å²) in [6, 6.07) is 9.32. The summed E-state index contributed by atoms with van der Waals surface area (Å²) in [4.78, 5) is 2.57. The minimum absolute atomic E-state index is 0.412. The van der Waals surface area contributed by atoms with Crippen LogP contribution < -0.4 is 4.90 Å². The molecule has 3 fully saturated rings. The highest BCUT2D eigenvalue weighted by molar-refractivity contribution is 5.50. The van der Waals surface area contributed by atoms with Crippen molar-refractivity contribution >= 4 is 5.69 Å². The van der Waals surface area contributed by atoms with Crippen LogP contribution in [0.15, 0.2) is 24.3 Å². The first-order chi connectivity index (χ1) is 10.1. The van der Waals surface area contributed by atoms with Crippen molar-refractivity contribution < 1.29 is 5.11 Å². The molecule has 2 aliphatic carbocycles. The number of anilines is 1. The van der Waals surface area contributed by atoms with Crippen LogP contribution >= 0.6 is 0 Å².